The lowest BCUT2D eigenvalue weighted by atomic mass is 10.1. The van der Waals surface area contributed by atoms with Gasteiger partial charge in [-0.05, 0) is 59.7 Å². The maximum atomic E-state index is 12.7. The SMILES string of the molecule is COc1ccccc1[C@@H]1C[C@H]1C(=O)N(C)C(C)Cc1ccsc1. The fourth-order valence-corrected chi connectivity index (χ4v) is 3.83. The van der Waals surface area contributed by atoms with Crippen LogP contribution in [0, 0.1) is 5.92 Å². The van der Waals surface area contributed by atoms with Gasteiger partial charge in [0, 0.05) is 19.0 Å². The van der Waals surface area contributed by atoms with Gasteiger partial charge in [0.2, 0.25) is 5.91 Å². The minimum Gasteiger partial charge on any atom is -0.496 e. The van der Waals surface area contributed by atoms with Crippen LogP contribution < -0.4 is 4.74 Å². The number of rotatable bonds is 6. The lowest BCUT2D eigenvalue weighted by Gasteiger charge is -2.25. The summed E-state index contributed by atoms with van der Waals surface area (Å²) in [5.74, 6) is 1.54. The van der Waals surface area contributed by atoms with E-state index in [-0.39, 0.29) is 17.9 Å². The molecule has 3 rings (SSSR count). The molecule has 3 nitrogen and oxygen atoms in total. The highest BCUT2D eigenvalue weighted by atomic mass is 32.1. The van der Waals surface area contributed by atoms with Crippen molar-refractivity contribution < 1.29 is 9.53 Å². The smallest absolute Gasteiger partial charge is 0.226 e. The molecule has 1 unspecified atom stereocenters. The Morgan fingerprint density at radius 3 is 2.87 bits per heavy atom. The molecule has 0 N–H and O–H groups in total. The molecule has 0 radical (unpaired) electrons. The first-order valence-corrected chi connectivity index (χ1v) is 8.96. The third-order valence-corrected chi connectivity index (χ3v) is 5.50. The summed E-state index contributed by atoms with van der Waals surface area (Å²) >= 11 is 1.70. The predicted octanol–water partition coefficient (Wildman–Crippen LogP) is 3.95. The summed E-state index contributed by atoms with van der Waals surface area (Å²) in [5.41, 5.74) is 2.46. The summed E-state index contributed by atoms with van der Waals surface area (Å²) in [5, 5.41) is 4.24. The number of para-hydroxylation sites is 1. The highest BCUT2D eigenvalue weighted by Gasteiger charge is 2.46. The van der Waals surface area contributed by atoms with Crippen molar-refractivity contribution in [1.82, 2.24) is 4.90 Å². The largest absolute Gasteiger partial charge is 0.496 e. The Kier molecular flexibility index (Phi) is 4.71. The molecule has 1 fully saturated rings. The molecule has 122 valence electrons. The van der Waals surface area contributed by atoms with Crippen molar-refractivity contribution in [3.05, 3.63) is 52.2 Å². The molecule has 0 bridgehead atoms. The maximum absolute atomic E-state index is 12.7. The molecule has 1 aromatic heterocycles. The van der Waals surface area contributed by atoms with Crippen LogP contribution in [0.1, 0.15) is 30.4 Å². The lowest BCUT2D eigenvalue weighted by Crippen LogP contribution is -2.37. The molecule has 1 aromatic carbocycles. The predicted molar refractivity (Wildman–Crippen MR) is 94.1 cm³/mol. The van der Waals surface area contributed by atoms with Gasteiger partial charge in [-0.3, -0.25) is 4.79 Å². The van der Waals surface area contributed by atoms with E-state index in [0.29, 0.717) is 5.92 Å². The molecule has 0 aliphatic heterocycles. The van der Waals surface area contributed by atoms with E-state index in [1.54, 1.807) is 18.4 Å². The van der Waals surface area contributed by atoms with Crippen molar-refractivity contribution in [3.63, 3.8) is 0 Å². The zero-order chi connectivity index (χ0) is 16.4. The Morgan fingerprint density at radius 1 is 1.39 bits per heavy atom. The van der Waals surface area contributed by atoms with E-state index in [4.69, 9.17) is 4.74 Å². The molecule has 0 saturated heterocycles. The summed E-state index contributed by atoms with van der Waals surface area (Å²) in [6.07, 6.45) is 1.84. The highest BCUT2D eigenvalue weighted by Crippen LogP contribution is 2.51. The summed E-state index contributed by atoms with van der Waals surface area (Å²) in [7, 11) is 3.62. The number of likely N-dealkylation sites (N-methyl/N-ethyl adjacent to an activating group) is 1. The molecular formula is C19H23NO2S. The first kappa shape index (κ1) is 16.1. The number of benzene rings is 1. The van der Waals surface area contributed by atoms with Crippen molar-refractivity contribution in [3.8, 4) is 5.75 Å². The standard InChI is InChI=1S/C19H23NO2S/c1-13(10-14-8-9-23-12-14)20(2)19(21)17-11-16(17)15-6-4-5-7-18(15)22-3/h4-9,12-13,16-17H,10-11H2,1-3H3/t13?,16-,17+/m0/s1. The van der Waals surface area contributed by atoms with Gasteiger partial charge in [0.15, 0.2) is 0 Å². The Bertz CT molecular complexity index is 668. The van der Waals surface area contributed by atoms with Crippen LogP contribution in [0.4, 0.5) is 0 Å². The molecule has 1 aliphatic rings. The van der Waals surface area contributed by atoms with E-state index in [2.05, 4.69) is 29.8 Å². The van der Waals surface area contributed by atoms with Crippen LogP contribution in [0.25, 0.3) is 0 Å². The molecule has 4 heteroatoms. The average Bonchev–Trinajstić information content (AvgIpc) is 3.21. The van der Waals surface area contributed by atoms with E-state index in [0.717, 1.165) is 24.2 Å². The van der Waals surface area contributed by atoms with Crippen molar-refractivity contribution >= 4 is 17.2 Å². The minimum atomic E-state index is 0.0984. The molecule has 1 saturated carbocycles. The zero-order valence-electron chi connectivity index (χ0n) is 13.9. The minimum absolute atomic E-state index is 0.0984. The van der Waals surface area contributed by atoms with E-state index in [1.807, 2.05) is 30.1 Å². The molecule has 1 aliphatic carbocycles. The van der Waals surface area contributed by atoms with Gasteiger partial charge in [0.05, 0.1) is 7.11 Å². The third-order valence-electron chi connectivity index (χ3n) is 4.77. The van der Waals surface area contributed by atoms with Crippen LogP contribution in [0.2, 0.25) is 0 Å². The quantitative estimate of drug-likeness (QED) is 0.803. The van der Waals surface area contributed by atoms with Crippen LogP contribution in [-0.2, 0) is 11.2 Å². The molecule has 1 amide bonds. The number of ether oxygens (including phenoxy) is 1. The molecule has 2 aromatic rings. The Balaban J connectivity index is 1.63. The van der Waals surface area contributed by atoms with Gasteiger partial charge in [-0.15, -0.1) is 0 Å². The molecular weight excluding hydrogens is 306 g/mol. The van der Waals surface area contributed by atoms with Crippen LogP contribution in [0.3, 0.4) is 0 Å². The van der Waals surface area contributed by atoms with Crippen LogP contribution >= 0.6 is 11.3 Å². The summed E-state index contributed by atoms with van der Waals surface area (Å²) < 4.78 is 5.43. The number of carbonyl (C=O) groups is 1. The van der Waals surface area contributed by atoms with E-state index >= 15 is 0 Å². The third kappa shape index (κ3) is 3.42. The van der Waals surface area contributed by atoms with Crippen molar-refractivity contribution in [2.45, 2.75) is 31.7 Å². The van der Waals surface area contributed by atoms with Crippen molar-refractivity contribution in [2.75, 3.05) is 14.2 Å². The van der Waals surface area contributed by atoms with Crippen LogP contribution in [0.15, 0.2) is 41.1 Å². The number of hydrogen-bond donors (Lipinski definition) is 0. The van der Waals surface area contributed by atoms with Gasteiger partial charge in [-0.25, -0.2) is 0 Å². The first-order valence-electron chi connectivity index (χ1n) is 8.02. The maximum Gasteiger partial charge on any atom is 0.226 e. The number of thiophene rings is 1. The second-order valence-corrected chi connectivity index (χ2v) is 7.10. The summed E-state index contributed by atoms with van der Waals surface area (Å²) in [6.45, 7) is 2.12. The van der Waals surface area contributed by atoms with Gasteiger partial charge in [-0.1, -0.05) is 18.2 Å². The van der Waals surface area contributed by atoms with E-state index < -0.39 is 0 Å². The van der Waals surface area contributed by atoms with Gasteiger partial charge in [0.25, 0.3) is 0 Å². The second-order valence-electron chi connectivity index (χ2n) is 6.32. The van der Waals surface area contributed by atoms with Gasteiger partial charge in [0.1, 0.15) is 5.75 Å². The summed E-state index contributed by atoms with van der Waals surface area (Å²) in [4.78, 5) is 14.7. The second kappa shape index (κ2) is 6.75. The normalized spacial score (nSPS) is 20.8. The Morgan fingerprint density at radius 2 is 2.17 bits per heavy atom. The molecule has 0 spiro atoms. The van der Waals surface area contributed by atoms with Gasteiger partial charge in [-0.2, -0.15) is 11.3 Å². The topological polar surface area (TPSA) is 29.5 Å². The highest BCUT2D eigenvalue weighted by molar-refractivity contribution is 7.07. The van der Waals surface area contributed by atoms with Crippen LogP contribution in [-0.4, -0.2) is 31.0 Å². The number of hydrogen-bond acceptors (Lipinski definition) is 3. The fourth-order valence-electron chi connectivity index (χ4n) is 3.15. The van der Waals surface area contributed by atoms with E-state index in [9.17, 15) is 4.79 Å². The summed E-state index contributed by atoms with van der Waals surface area (Å²) in [6, 6.07) is 10.4. The fraction of sp³-hybridized carbons (Fsp3) is 0.421. The number of carbonyl (C=O) groups excluding carboxylic acids is 1. The number of methoxy groups -OCH3 is 1. The lowest BCUT2D eigenvalue weighted by molar-refractivity contribution is -0.133. The van der Waals surface area contributed by atoms with E-state index in [1.165, 1.54) is 5.56 Å². The first-order chi connectivity index (χ1) is 11.1. The Labute approximate surface area is 141 Å². The van der Waals surface area contributed by atoms with Crippen molar-refractivity contribution in [1.29, 1.82) is 0 Å². The van der Waals surface area contributed by atoms with Crippen LogP contribution in [0.5, 0.6) is 5.75 Å². The Hall–Kier alpha value is -1.81. The molecule has 3 atom stereocenters. The average molecular weight is 329 g/mol. The number of nitrogens with zero attached hydrogens (tertiary/aromatic N) is 1. The molecule has 23 heavy (non-hydrogen) atoms. The molecule has 1 heterocycles. The van der Waals surface area contributed by atoms with Gasteiger partial charge < -0.3 is 9.64 Å². The monoisotopic (exact) mass is 329 g/mol. The van der Waals surface area contributed by atoms with Gasteiger partial charge >= 0.3 is 0 Å². The number of amides is 1. The zero-order valence-corrected chi connectivity index (χ0v) is 14.7. The van der Waals surface area contributed by atoms with Crippen molar-refractivity contribution in [2.24, 2.45) is 5.92 Å².